The van der Waals surface area contributed by atoms with Crippen molar-refractivity contribution >= 4 is 58.3 Å². The highest BCUT2D eigenvalue weighted by atomic mass is 35.5. The second kappa shape index (κ2) is 8.09. The van der Waals surface area contributed by atoms with Gasteiger partial charge in [0.1, 0.15) is 5.15 Å². The molecular weight excluding hydrogens is 398 g/mol. The molecule has 1 fully saturated rings. The zero-order chi connectivity index (χ0) is 18.0. The third-order valence-electron chi connectivity index (χ3n) is 3.99. The molecule has 24 heavy (non-hydrogen) atoms. The van der Waals surface area contributed by atoms with Gasteiger partial charge in [-0.25, -0.2) is 9.78 Å². The number of likely N-dealkylation sites (tertiary alicyclic amines) is 1. The minimum atomic E-state index is -0.883. The molecule has 0 N–H and O–H groups in total. The lowest BCUT2D eigenvalue weighted by Crippen LogP contribution is -2.49. The van der Waals surface area contributed by atoms with E-state index >= 15 is 0 Å². The van der Waals surface area contributed by atoms with Crippen LogP contribution in [0.2, 0.25) is 20.2 Å². The van der Waals surface area contributed by atoms with Gasteiger partial charge < -0.3 is 9.64 Å². The number of hydrogen-bond donors (Lipinski definition) is 0. The minimum absolute atomic E-state index is 0.0491. The molecule has 0 aliphatic carbocycles. The molecule has 5 nitrogen and oxygen atoms in total. The van der Waals surface area contributed by atoms with Crippen molar-refractivity contribution < 1.29 is 14.3 Å². The van der Waals surface area contributed by atoms with Gasteiger partial charge in [-0.15, -0.1) is 0 Å². The molecule has 0 bridgehead atoms. The number of halogens is 4. The molecule has 2 rings (SSSR count). The summed E-state index contributed by atoms with van der Waals surface area (Å²) in [6, 6.07) is 0.224. The number of rotatable bonds is 3. The van der Waals surface area contributed by atoms with Gasteiger partial charge in [-0.2, -0.15) is 0 Å². The van der Waals surface area contributed by atoms with Crippen molar-refractivity contribution in [2.75, 3.05) is 6.61 Å². The van der Waals surface area contributed by atoms with Crippen LogP contribution in [0.5, 0.6) is 0 Å². The molecule has 0 spiro atoms. The van der Waals surface area contributed by atoms with Crippen LogP contribution >= 0.6 is 46.4 Å². The molecular formula is C15H16Cl4N2O3. The van der Waals surface area contributed by atoms with Crippen molar-refractivity contribution in [2.45, 2.75) is 45.2 Å². The number of pyridine rings is 1. The molecule has 2 heterocycles. The summed E-state index contributed by atoms with van der Waals surface area (Å²) in [5.41, 5.74) is -0.274. The summed E-state index contributed by atoms with van der Waals surface area (Å²) in [6.07, 6.45) is 2.94. The first-order valence-electron chi connectivity index (χ1n) is 7.42. The van der Waals surface area contributed by atoms with Gasteiger partial charge in [-0.3, -0.25) is 4.79 Å². The Hall–Kier alpha value is -0.750. The number of amides is 1. The maximum Gasteiger partial charge on any atom is 0.359 e. The molecule has 0 unspecified atom stereocenters. The molecule has 1 aliphatic heterocycles. The summed E-state index contributed by atoms with van der Waals surface area (Å²) in [4.78, 5) is 30.0. The molecule has 0 saturated carbocycles. The molecule has 1 saturated heterocycles. The number of esters is 1. The van der Waals surface area contributed by atoms with Crippen molar-refractivity contribution in [3.8, 4) is 0 Å². The number of carbonyl (C=O) groups excluding carboxylic acids is 2. The standard InChI is InChI=1S/C15H16Cl4N2O3/c1-7-4-3-5-8(2)21(7)9(22)6-24-15(23)13-11(17)10(16)12(18)14(19)20-13/h7-8H,3-6H2,1-2H3/t7-,8+. The van der Waals surface area contributed by atoms with Gasteiger partial charge in [0.25, 0.3) is 5.91 Å². The van der Waals surface area contributed by atoms with Gasteiger partial charge >= 0.3 is 5.97 Å². The van der Waals surface area contributed by atoms with E-state index in [4.69, 9.17) is 51.1 Å². The van der Waals surface area contributed by atoms with Crippen LogP contribution in [0, 0.1) is 0 Å². The van der Waals surface area contributed by atoms with E-state index < -0.39 is 12.6 Å². The molecule has 0 aromatic carbocycles. The van der Waals surface area contributed by atoms with Gasteiger partial charge in [0.2, 0.25) is 0 Å². The van der Waals surface area contributed by atoms with E-state index in [-0.39, 0.29) is 43.9 Å². The summed E-state index contributed by atoms with van der Waals surface area (Å²) in [5.74, 6) is -1.14. The van der Waals surface area contributed by atoms with Gasteiger partial charge in [0.05, 0.1) is 15.1 Å². The van der Waals surface area contributed by atoms with Crippen molar-refractivity contribution in [2.24, 2.45) is 0 Å². The first-order chi connectivity index (χ1) is 11.2. The lowest BCUT2D eigenvalue weighted by atomic mass is 9.97. The minimum Gasteiger partial charge on any atom is -0.451 e. The fourth-order valence-electron chi connectivity index (χ4n) is 2.81. The van der Waals surface area contributed by atoms with Crippen molar-refractivity contribution in [3.63, 3.8) is 0 Å². The largest absolute Gasteiger partial charge is 0.451 e. The molecule has 2 atom stereocenters. The maximum absolute atomic E-state index is 12.3. The number of piperidine rings is 1. The molecule has 1 aromatic rings. The topological polar surface area (TPSA) is 59.5 Å². The van der Waals surface area contributed by atoms with Gasteiger partial charge in [0.15, 0.2) is 12.3 Å². The third kappa shape index (κ3) is 4.07. The molecule has 1 aromatic heterocycles. The van der Waals surface area contributed by atoms with E-state index in [9.17, 15) is 9.59 Å². The summed E-state index contributed by atoms with van der Waals surface area (Å²) in [7, 11) is 0. The summed E-state index contributed by atoms with van der Waals surface area (Å²) >= 11 is 23.4. The quantitative estimate of drug-likeness (QED) is 0.534. The van der Waals surface area contributed by atoms with E-state index in [0.29, 0.717) is 0 Å². The Labute approximate surface area is 160 Å². The van der Waals surface area contributed by atoms with Crippen LogP contribution < -0.4 is 0 Å². The van der Waals surface area contributed by atoms with Crippen molar-refractivity contribution in [3.05, 3.63) is 25.9 Å². The fourth-order valence-corrected chi connectivity index (χ4v) is 3.61. The molecule has 1 amide bonds. The Bertz CT molecular complexity index is 659. The van der Waals surface area contributed by atoms with Crippen molar-refractivity contribution in [1.82, 2.24) is 9.88 Å². The molecule has 0 radical (unpaired) electrons. The normalized spacial score (nSPS) is 20.8. The van der Waals surface area contributed by atoms with Crippen LogP contribution in [0.1, 0.15) is 43.6 Å². The molecule has 1 aliphatic rings. The average Bonchev–Trinajstić information content (AvgIpc) is 2.53. The van der Waals surface area contributed by atoms with Crippen LogP contribution in [0.15, 0.2) is 0 Å². The van der Waals surface area contributed by atoms with E-state index in [1.807, 2.05) is 13.8 Å². The van der Waals surface area contributed by atoms with Crippen LogP contribution in [0.3, 0.4) is 0 Å². The first-order valence-corrected chi connectivity index (χ1v) is 8.93. The summed E-state index contributed by atoms with van der Waals surface area (Å²) in [6.45, 7) is 3.56. The lowest BCUT2D eigenvalue weighted by Gasteiger charge is -2.38. The Kier molecular flexibility index (Phi) is 6.59. The summed E-state index contributed by atoms with van der Waals surface area (Å²) < 4.78 is 5.03. The predicted molar refractivity (Wildman–Crippen MR) is 94.2 cm³/mol. The second-order valence-electron chi connectivity index (χ2n) is 5.70. The van der Waals surface area contributed by atoms with Crippen LogP contribution in [-0.2, 0) is 9.53 Å². The highest BCUT2D eigenvalue weighted by Crippen LogP contribution is 2.36. The highest BCUT2D eigenvalue weighted by Gasteiger charge is 2.30. The van der Waals surface area contributed by atoms with Gasteiger partial charge in [-0.1, -0.05) is 46.4 Å². The van der Waals surface area contributed by atoms with E-state index in [2.05, 4.69) is 4.98 Å². The number of ether oxygens (including phenoxy) is 1. The van der Waals surface area contributed by atoms with Crippen LogP contribution in [0.4, 0.5) is 0 Å². The number of aromatic nitrogens is 1. The molecule has 9 heteroatoms. The van der Waals surface area contributed by atoms with E-state index in [1.54, 1.807) is 4.90 Å². The Morgan fingerprint density at radius 2 is 1.67 bits per heavy atom. The second-order valence-corrected chi connectivity index (χ2v) is 7.19. The monoisotopic (exact) mass is 412 g/mol. The SMILES string of the molecule is C[C@@H]1CCC[C@H](C)N1C(=O)COC(=O)c1nc(Cl)c(Cl)c(Cl)c1Cl. The number of carbonyl (C=O) groups is 2. The smallest absolute Gasteiger partial charge is 0.359 e. The number of nitrogens with zero attached hydrogens (tertiary/aromatic N) is 2. The zero-order valence-electron chi connectivity index (χ0n) is 13.1. The Morgan fingerprint density at radius 1 is 1.08 bits per heavy atom. The third-order valence-corrected chi connectivity index (χ3v) is 5.66. The van der Waals surface area contributed by atoms with Gasteiger partial charge in [0, 0.05) is 12.1 Å². The Balaban J connectivity index is 2.07. The van der Waals surface area contributed by atoms with E-state index in [1.165, 1.54) is 0 Å². The first kappa shape index (κ1) is 19.6. The molecule has 132 valence electrons. The van der Waals surface area contributed by atoms with Gasteiger partial charge in [-0.05, 0) is 33.1 Å². The summed E-state index contributed by atoms with van der Waals surface area (Å²) in [5, 5.41) is -0.465. The van der Waals surface area contributed by atoms with Crippen LogP contribution in [-0.4, -0.2) is 40.5 Å². The highest BCUT2D eigenvalue weighted by molar-refractivity contribution is 6.52. The maximum atomic E-state index is 12.3. The average molecular weight is 414 g/mol. The lowest BCUT2D eigenvalue weighted by molar-refractivity contribution is -0.140. The van der Waals surface area contributed by atoms with E-state index in [0.717, 1.165) is 19.3 Å². The predicted octanol–water partition coefficient (Wildman–Crippen LogP) is 4.64. The van der Waals surface area contributed by atoms with Crippen LogP contribution in [0.25, 0.3) is 0 Å². The number of hydrogen-bond acceptors (Lipinski definition) is 4. The Morgan fingerprint density at radius 3 is 2.25 bits per heavy atom. The van der Waals surface area contributed by atoms with Crippen molar-refractivity contribution in [1.29, 1.82) is 0 Å². The fraction of sp³-hybridized carbons (Fsp3) is 0.533. The zero-order valence-corrected chi connectivity index (χ0v) is 16.1.